The maximum absolute atomic E-state index is 6.03. The predicted octanol–water partition coefficient (Wildman–Crippen LogP) is 2.97. The molecule has 0 saturated heterocycles. The highest BCUT2D eigenvalue weighted by molar-refractivity contribution is 5.49. The van der Waals surface area contributed by atoms with Gasteiger partial charge in [0.1, 0.15) is 0 Å². The lowest BCUT2D eigenvalue weighted by Gasteiger charge is -2.31. The van der Waals surface area contributed by atoms with E-state index in [0.29, 0.717) is 13.2 Å². The number of nitrogens with two attached hydrogens (primary N) is 1. The van der Waals surface area contributed by atoms with E-state index in [1.807, 2.05) is 24.3 Å². The fraction of sp³-hybridized carbons (Fsp3) is 0.294. The molecule has 3 nitrogen and oxygen atoms in total. The SMILES string of the molecule is COCc1ccccc1C(CN)N(C)c1ccccc1. The van der Waals surface area contributed by atoms with Gasteiger partial charge in [-0.1, -0.05) is 42.5 Å². The molecule has 0 bridgehead atoms. The van der Waals surface area contributed by atoms with Crippen LogP contribution >= 0.6 is 0 Å². The topological polar surface area (TPSA) is 38.5 Å². The third-order valence-corrected chi connectivity index (χ3v) is 3.57. The molecule has 2 aromatic rings. The normalized spacial score (nSPS) is 12.2. The van der Waals surface area contributed by atoms with Crippen molar-refractivity contribution in [2.75, 3.05) is 25.6 Å². The van der Waals surface area contributed by atoms with Gasteiger partial charge < -0.3 is 15.4 Å². The summed E-state index contributed by atoms with van der Waals surface area (Å²) in [4.78, 5) is 2.22. The van der Waals surface area contributed by atoms with Gasteiger partial charge in [0.05, 0.1) is 12.6 Å². The Balaban J connectivity index is 2.33. The number of likely N-dealkylation sites (N-methyl/N-ethyl adjacent to an activating group) is 1. The van der Waals surface area contributed by atoms with Crippen molar-refractivity contribution < 1.29 is 4.74 Å². The maximum atomic E-state index is 6.03. The first kappa shape index (κ1) is 14.6. The Morgan fingerprint density at radius 3 is 2.35 bits per heavy atom. The van der Waals surface area contributed by atoms with Gasteiger partial charge in [-0.3, -0.25) is 0 Å². The zero-order chi connectivity index (χ0) is 14.4. The number of rotatable bonds is 6. The van der Waals surface area contributed by atoms with Crippen molar-refractivity contribution in [3.63, 3.8) is 0 Å². The minimum absolute atomic E-state index is 0.142. The van der Waals surface area contributed by atoms with Gasteiger partial charge in [0, 0.05) is 26.4 Å². The monoisotopic (exact) mass is 270 g/mol. The van der Waals surface area contributed by atoms with Crippen molar-refractivity contribution in [2.45, 2.75) is 12.6 Å². The lowest BCUT2D eigenvalue weighted by atomic mass is 9.99. The van der Waals surface area contributed by atoms with Gasteiger partial charge in [0.15, 0.2) is 0 Å². The van der Waals surface area contributed by atoms with Gasteiger partial charge in [-0.15, -0.1) is 0 Å². The van der Waals surface area contributed by atoms with Crippen LogP contribution in [0.25, 0.3) is 0 Å². The molecule has 0 spiro atoms. The molecule has 1 atom stereocenters. The van der Waals surface area contributed by atoms with E-state index < -0.39 is 0 Å². The van der Waals surface area contributed by atoms with E-state index in [1.54, 1.807) is 7.11 Å². The van der Waals surface area contributed by atoms with Crippen molar-refractivity contribution in [1.82, 2.24) is 0 Å². The lowest BCUT2D eigenvalue weighted by molar-refractivity contribution is 0.183. The highest BCUT2D eigenvalue weighted by Gasteiger charge is 2.18. The van der Waals surface area contributed by atoms with Gasteiger partial charge in [-0.05, 0) is 23.3 Å². The fourth-order valence-electron chi connectivity index (χ4n) is 2.48. The molecule has 0 fully saturated rings. The molecule has 0 aliphatic heterocycles. The number of hydrogen-bond acceptors (Lipinski definition) is 3. The van der Waals surface area contributed by atoms with E-state index >= 15 is 0 Å². The molecule has 0 heterocycles. The van der Waals surface area contributed by atoms with Gasteiger partial charge in [0.25, 0.3) is 0 Å². The van der Waals surface area contributed by atoms with Gasteiger partial charge >= 0.3 is 0 Å². The number of benzene rings is 2. The molecule has 2 N–H and O–H groups in total. The van der Waals surface area contributed by atoms with Crippen LogP contribution in [0.2, 0.25) is 0 Å². The zero-order valence-corrected chi connectivity index (χ0v) is 12.1. The molecule has 1 unspecified atom stereocenters. The summed E-state index contributed by atoms with van der Waals surface area (Å²) in [5.41, 5.74) is 9.60. The summed E-state index contributed by atoms with van der Waals surface area (Å²) in [7, 11) is 3.80. The van der Waals surface area contributed by atoms with Crippen molar-refractivity contribution >= 4 is 5.69 Å². The molecule has 0 radical (unpaired) electrons. The van der Waals surface area contributed by atoms with Crippen LogP contribution in [0.4, 0.5) is 5.69 Å². The van der Waals surface area contributed by atoms with E-state index in [9.17, 15) is 0 Å². The largest absolute Gasteiger partial charge is 0.380 e. The van der Waals surface area contributed by atoms with Crippen molar-refractivity contribution in [2.24, 2.45) is 5.73 Å². The molecule has 3 heteroatoms. The third-order valence-electron chi connectivity index (χ3n) is 3.57. The Kier molecular flexibility index (Phi) is 5.16. The average Bonchev–Trinajstić information content (AvgIpc) is 2.51. The Morgan fingerprint density at radius 2 is 1.70 bits per heavy atom. The van der Waals surface area contributed by atoms with Gasteiger partial charge in [-0.2, -0.15) is 0 Å². The number of para-hydroxylation sites is 1. The van der Waals surface area contributed by atoms with Crippen molar-refractivity contribution in [3.8, 4) is 0 Å². The third kappa shape index (κ3) is 3.18. The molecular formula is C17H22N2O. The van der Waals surface area contributed by atoms with E-state index in [2.05, 4.69) is 42.3 Å². The van der Waals surface area contributed by atoms with Crippen LogP contribution < -0.4 is 10.6 Å². The van der Waals surface area contributed by atoms with Crippen LogP contribution in [-0.2, 0) is 11.3 Å². The Bertz CT molecular complexity index is 528. The van der Waals surface area contributed by atoms with Crippen molar-refractivity contribution in [1.29, 1.82) is 0 Å². The summed E-state index contributed by atoms with van der Waals surface area (Å²) in [5, 5.41) is 0. The number of ether oxygens (including phenoxy) is 1. The summed E-state index contributed by atoms with van der Waals surface area (Å²) >= 11 is 0. The predicted molar refractivity (Wildman–Crippen MR) is 83.8 cm³/mol. The number of anilines is 1. The molecule has 2 aromatic carbocycles. The number of nitrogens with zero attached hydrogens (tertiary/aromatic N) is 1. The molecule has 0 amide bonds. The Hall–Kier alpha value is -1.84. The Morgan fingerprint density at radius 1 is 1.05 bits per heavy atom. The van der Waals surface area contributed by atoms with Crippen LogP contribution in [-0.4, -0.2) is 20.7 Å². The first-order valence-corrected chi connectivity index (χ1v) is 6.82. The fourth-order valence-corrected chi connectivity index (χ4v) is 2.48. The minimum Gasteiger partial charge on any atom is -0.380 e. The smallest absolute Gasteiger partial charge is 0.0716 e. The second-order valence-corrected chi connectivity index (χ2v) is 4.83. The summed E-state index contributed by atoms with van der Waals surface area (Å²) in [6, 6.07) is 18.8. The maximum Gasteiger partial charge on any atom is 0.0716 e. The standard InChI is InChI=1S/C17H22N2O/c1-19(15-9-4-3-5-10-15)17(12-18)16-11-7-6-8-14(16)13-20-2/h3-11,17H,12-13,18H2,1-2H3. The first-order chi connectivity index (χ1) is 9.77. The van der Waals surface area contributed by atoms with E-state index in [4.69, 9.17) is 10.5 Å². The highest BCUT2D eigenvalue weighted by atomic mass is 16.5. The molecule has 2 rings (SSSR count). The van der Waals surface area contributed by atoms with Crippen LogP contribution in [0.15, 0.2) is 54.6 Å². The van der Waals surface area contributed by atoms with Crippen LogP contribution in [0.3, 0.4) is 0 Å². The van der Waals surface area contributed by atoms with E-state index in [-0.39, 0.29) is 6.04 Å². The minimum atomic E-state index is 0.142. The average molecular weight is 270 g/mol. The van der Waals surface area contributed by atoms with Crippen molar-refractivity contribution in [3.05, 3.63) is 65.7 Å². The summed E-state index contributed by atoms with van der Waals surface area (Å²) in [5.74, 6) is 0. The van der Waals surface area contributed by atoms with Crippen LogP contribution in [0, 0.1) is 0 Å². The molecule has 0 aliphatic carbocycles. The van der Waals surface area contributed by atoms with Gasteiger partial charge in [-0.25, -0.2) is 0 Å². The lowest BCUT2D eigenvalue weighted by Crippen LogP contribution is -2.31. The number of hydrogen-bond donors (Lipinski definition) is 1. The van der Waals surface area contributed by atoms with Gasteiger partial charge in [0.2, 0.25) is 0 Å². The van der Waals surface area contributed by atoms with Crippen LogP contribution in [0.5, 0.6) is 0 Å². The quantitative estimate of drug-likeness (QED) is 0.877. The molecular weight excluding hydrogens is 248 g/mol. The van der Waals surface area contributed by atoms with E-state index in [0.717, 1.165) is 5.69 Å². The first-order valence-electron chi connectivity index (χ1n) is 6.82. The second kappa shape index (κ2) is 7.08. The molecule has 0 aromatic heterocycles. The molecule has 20 heavy (non-hydrogen) atoms. The molecule has 106 valence electrons. The molecule has 0 saturated carbocycles. The number of methoxy groups -OCH3 is 1. The highest BCUT2D eigenvalue weighted by Crippen LogP contribution is 2.27. The second-order valence-electron chi connectivity index (χ2n) is 4.83. The van der Waals surface area contributed by atoms with Crippen LogP contribution in [0.1, 0.15) is 17.2 Å². The summed E-state index contributed by atoms with van der Waals surface area (Å²) in [6.07, 6.45) is 0. The summed E-state index contributed by atoms with van der Waals surface area (Å²) < 4.78 is 5.29. The van der Waals surface area contributed by atoms with E-state index in [1.165, 1.54) is 11.1 Å². The molecule has 0 aliphatic rings. The zero-order valence-electron chi connectivity index (χ0n) is 12.1. The Labute approximate surface area is 121 Å². The summed E-state index contributed by atoms with van der Waals surface area (Å²) in [6.45, 7) is 1.17.